The van der Waals surface area contributed by atoms with Crippen molar-refractivity contribution in [1.29, 1.82) is 0 Å². The van der Waals surface area contributed by atoms with Crippen molar-refractivity contribution >= 4 is 33.9 Å². The van der Waals surface area contributed by atoms with Crippen LogP contribution in [-0.2, 0) is 22.7 Å². The number of para-hydroxylation sites is 1. The third-order valence-corrected chi connectivity index (χ3v) is 8.30. The summed E-state index contributed by atoms with van der Waals surface area (Å²) in [6.45, 7) is 2.94. The van der Waals surface area contributed by atoms with Crippen LogP contribution in [0.15, 0.2) is 140 Å². The van der Waals surface area contributed by atoms with E-state index in [1.165, 1.54) is 10.5 Å². The van der Waals surface area contributed by atoms with Crippen molar-refractivity contribution in [3.8, 4) is 11.1 Å². The van der Waals surface area contributed by atoms with Crippen molar-refractivity contribution in [2.45, 2.75) is 20.0 Å². The molecule has 4 nitrogen and oxygen atoms in total. The first kappa shape index (κ1) is 26.4. The van der Waals surface area contributed by atoms with Gasteiger partial charge in [-0.2, -0.15) is 0 Å². The molecule has 0 saturated carbocycles. The molecule has 0 spiro atoms. The minimum absolute atomic E-state index is 0.218. The Balaban J connectivity index is 1.41. The van der Waals surface area contributed by atoms with Gasteiger partial charge < -0.3 is 4.57 Å². The first-order valence-electron chi connectivity index (χ1n) is 14.5. The number of fused-ring (bicyclic) bond motifs is 1. The molecular formula is C39H30N2O2. The molecule has 0 bridgehead atoms. The van der Waals surface area contributed by atoms with Gasteiger partial charge in [0.1, 0.15) is 0 Å². The lowest BCUT2D eigenvalue weighted by molar-refractivity contribution is -0.136. The van der Waals surface area contributed by atoms with Gasteiger partial charge >= 0.3 is 0 Å². The lowest BCUT2D eigenvalue weighted by Crippen LogP contribution is -2.31. The predicted molar refractivity (Wildman–Crippen MR) is 173 cm³/mol. The largest absolute Gasteiger partial charge is 0.340 e. The summed E-state index contributed by atoms with van der Waals surface area (Å²) in [7, 11) is 0. The molecule has 0 atom stereocenters. The lowest BCUT2D eigenvalue weighted by atomic mass is 9.93. The Labute approximate surface area is 251 Å². The number of imide groups is 1. The Morgan fingerprint density at radius 2 is 0.977 bits per heavy atom. The Hall–Kier alpha value is -5.48. The molecule has 1 aliphatic rings. The van der Waals surface area contributed by atoms with E-state index in [9.17, 15) is 9.59 Å². The summed E-state index contributed by atoms with van der Waals surface area (Å²) in [6.07, 6.45) is 0. The zero-order chi connectivity index (χ0) is 29.3. The number of hydrogen-bond donors (Lipinski definition) is 0. The molecule has 5 aromatic carbocycles. The second-order valence-corrected chi connectivity index (χ2v) is 10.9. The van der Waals surface area contributed by atoms with Crippen molar-refractivity contribution in [2.24, 2.45) is 0 Å². The molecule has 6 aromatic rings. The molecule has 0 unspecified atom stereocenters. The van der Waals surface area contributed by atoms with Crippen LogP contribution in [0.3, 0.4) is 0 Å². The summed E-state index contributed by atoms with van der Waals surface area (Å²) in [6, 6.07) is 46.3. The second kappa shape index (κ2) is 11.1. The minimum Gasteiger partial charge on any atom is -0.340 e. The highest BCUT2D eigenvalue weighted by atomic mass is 16.2. The molecule has 2 heterocycles. The smallest absolute Gasteiger partial charge is 0.262 e. The van der Waals surface area contributed by atoms with Crippen LogP contribution < -0.4 is 0 Å². The van der Waals surface area contributed by atoms with Gasteiger partial charge in [-0.15, -0.1) is 0 Å². The molecule has 0 fully saturated rings. The maximum absolute atomic E-state index is 14.4. The molecule has 0 N–H and O–H groups in total. The zero-order valence-corrected chi connectivity index (χ0v) is 23.9. The van der Waals surface area contributed by atoms with Crippen LogP contribution in [0, 0.1) is 6.92 Å². The predicted octanol–water partition coefficient (Wildman–Crippen LogP) is 8.14. The number of carbonyl (C=O) groups excluding carboxylic acids is 2. The van der Waals surface area contributed by atoms with E-state index in [4.69, 9.17) is 0 Å². The fourth-order valence-electron chi connectivity index (χ4n) is 6.16. The fraction of sp³-hybridized carbons (Fsp3) is 0.0769. The summed E-state index contributed by atoms with van der Waals surface area (Å²) in [5.41, 5.74) is 8.71. The van der Waals surface area contributed by atoms with Crippen LogP contribution in [0.2, 0.25) is 0 Å². The molecule has 43 heavy (non-hydrogen) atoms. The number of amides is 2. The van der Waals surface area contributed by atoms with E-state index in [0.29, 0.717) is 17.7 Å². The Bertz CT molecular complexity index is 1990. The molecular weight excluding hydrogens is 528 g/mol. The molecule has 0 saturated heterocycles. The van der Waals surface area contributed by atoms with Crippen LogP contribution in [0.4, 0.5) is 0 Å². The van der Waals surface area contributed by atoms with Crippen molar-refractivity contribution in [1.82, 2.24) is 9.47 Å². The fourth-order valence-corrected chi connectivity index (χ4v) is 6.16. The number of benzene rings is 5. The SMILES string of the molecule is Cc1c(C2=C(c3ccc(-c4ccccc4)cc3)C(=O)N(Cc3ccccc3)C2=O)c2ccccc2n1Cc1ccccc1. The van der Waals surface area contributed by atoms with E-state index in [1.807, 2.05) is 103 Å². The summed E-state index contributed by atoms with van der Waals surface area (Å²) >= 11 is 0. The van der Waals surface area contributed by atoms with Gasteiger partial charge in [0.25, 0.3) is 11.8 Å². The van der Waals surface area contributed by atoms with Gasteiger partial charge in [-0.05, 0) is 40.8 Å². The highest BCUT2D eigenvalue weighted by molar-refractivity contribution is 6.50. The summed E-state index contributed by atoms with van der Waals surface area (Å²) in [5.74, 6) is -0.530. The van der Waals surface area contributed by atoms with Crippen molar-refractivity contribution < 1.29 is 9.59 Å². The molecule has 0 aliphatic carbocycles. The maximum Gasteiger partial charge on any atom is 0.262 e. The van der Waals surface area contributed by atoms with Crippen LogP contribution in [0.5, 0.6) is 0 Å². The van der Waals surface area contributed by atoms with Gasteiger partial charge in [0.05, 0.1) is 17.7 Å². The number of hydrogen-bond acceptors (Lipinski definition) is 2. The Morgan fingerprint density at radius 3 is 1.63 bits per heavy atom. The lowest BCUT2D eigenvalue weighted by Gasteiger charge is -2.15. The third-order valence-electron chi connectivity index (χ3n) is 8.30. The molecule has 7 rings (SSSR count). The van der Waals surface area contributed by atoms with E-state index >= 15 is 0 Å². The topological polar surface area (TPSA) is 42.3 Å². The van der Waals surface area contributed by atoms with Crippen LogP contribution in [-0.4, -0.2) is 21.3 Å². The van der Waals surface area contributed by atoms with Crippen molar-refractivity contribution in [2.75, 3.05) is 0 Å². The van der Waals surface area contributed by atoms with Crippen molar-refractivity contribution in [3.05, 3.63) is 167 Å². The van der Waals surface area contributed by atoms with Gasteiger partial charge in [0.15, 0.2) is 0 Å². The first-order valence-corrected chi connectivity index (χ1v) is 14.5. The van der Waals surface area contributed by atoms with E-state index in [-0.39, 0.29) is 18.4 Å². The highest BCUT2D eigenvalue weighted by Crippen LogP contribution is 2.42. The monoisotopic (exact) mass is 558 g/mol. The zero-order valence-electron chi connectivity index (χ0n) is 23.9. The summed E-state index contributed by atoms with van der Waals surface area (Å²) < 4.78 is 2.25. The second-order valence-electron chi connectivity index (χ2n) is 10.9. The average Bonchev–Trinajstić information content (AvgIpc) is 3.46. The normalized spacial score (nSPS) is 13.4. The molecule has 2 amide bonds. The first-order chi connectivity index (χ1) is 21.1. The maximum atomic E-state index is 14.4. The van der Waals surface area contributed by atoms with Gasteiger partial charge in [-0.3, -0.25) is 14.5 Å². The van der Waals surface area contributed by atoms with Gasteiger partial charge in [0.2, 0.25) is 0 Å². The third kappa shape index (κ3) is 4.77. The van der Waals surface area contributed by atoms with E-state index in [1.54, 1.807) is 0 Å². The Kier molecular flexibility index (Phi) is 6.80. The van der Waals surface area contributed by atoms with E-state index in [2.05, 4.69) is 47.9 Å². The molecule has 208 valence electrons. The minimum atomic E-state index is -0.268. The number of carbonyl (C=O) groups is 2. The van der Waals surface area contributed by atoms with Crippen LogP contribution in [0.25, 0.3) is 33.2 Å². The number of aromatic nitrogens is 1. The molecule has 1 aliphatic heterocycles. The summed E-state index contributed by atoms with van der Waals surface area (Å²) in [4.78, 5) is 30.0. The number of rotatable bonds is 7. The average molecular weight is 559 g/mol. The van der Waals surface area contributed by atoms with Crippen LogP contribution >= 0.6 is 0 Å². The van der Waals surface area contributed by atoms with Gasteiger partial charge in [0, 0.05) is 28.7 Å². The van der Waals surface area contributed by atoms with Crippen molar-refractivity contribution in [3.63, 3.8) is 0 Å². The van der Waals surface area contributed by atoms with Crippen LogP contribution in [0.1, 0.15) is 27.9 Å². The Morgan fingerprint density at radius 1 is 0.488 bits per heavy atom. The molecule has 0 radical (unpaired) electrons. The van der Waals surface area contributed by atoms with E-state index < -0.39 is 0 Å². The highest BCUT2D eigenvalue weighted by Gasteiger charge is 2.41. The van der Waals surface area contributed by atoms with Gasteiger partial charge in [-0.1, -0.05) is 133 Å². The quantitative estimate of drug-likeness (QED) is 0.186. The van der Waals surface area contributed by atoms with Gasteiger partial charge in [-0.25, -0.2) is 0 Å². The molecule has 4 heteroatoms. The van der Waals surface area contributed by atoms with E-state index in [0.717, 1.165) is 44.4 Å². The standard InChI is InChI=1S/C39H30N2O2/c1-27-35(33-19-11-12-20-34(33)40(27)25-28-13-5-2-6-14-28)37-36(32-23-21-31(22-24-32)30-17-9-4-10-18-30)38(42)41(39(37)43)26-29-15-7-3-8-16-29/h2-24H,25-26H2,1H3. The summed E-state index contributed by atoms with van der Waals surface area (Å²) in [5, 5.41) is 0.965. The molecule has 1 aromatic heterocycles. The number of nitrogens with zero attached hydrogens (tertiary/aromatic N) is 2.